The van der Waals surface area contributed by atoms with Crippen LogP contribution in [0.5, 0.6) is 0 Å². The van der Waals surface area contributed by atoms with Crippen molar-refractivity contribution in [2.75, 3.05) is 13.1 Å². The van der Waals surface area contributed by atoms with E-state index in [4.69, 9.17) is 4.42 Å². The maximum atomic E-state index is 12.6. The van der Waals surface area contributed by atoms with Gasteiger partial charge in [-0.15, -0.1) is 0 Å². The fourth-order valence-corrected chi connectivity index (χ4v) is 2.93. The molecular weight excluding hydrogens is 328 g/mol. The molecule has 0 unspecified atom stereocenters. The van der Waals surface area contributed by atoms with Crippen LogP contribution in [-0.4, -0.2) is 28.8 Å². The SMILES string of the molecule is O=C(CN1C=CC(c2ccncc2)=CC1)c1cc2ccccc2oc1=O. The molecule has 0 aliphatic carbocycles. The van der Waals surface area contributed by atoms with Crippen LogP contribution >= 0.6 is 0 Å². The first-order valence-electron chi connectivity index (χ1n) is 8.29. The van der Waals surface area contributed by atoms with Crippen molar-refractivity contribution in [2.45, 2.75) is 0 Å². The van der Waals surface area contributed by atoms with Gasteiger partial charge < -0.3 is 9.32 Å². The normalized spacial score (nSPS) is 13.7. The van der Waals surface area contributed by atoms with Gasteiger partial charge in [0.2, 0.25) is 0 Å². The molecule has 4 rings (SSSR count). The Bertz CT molecular complexity index is 1080. The number of hydrogen-bond donors (Lipinski definition) is 0. The third kappa shape index (κ3) is 3.19. The minimum atomic E-state index is -0.595. The Kier molecular flexibility index (Phi) is 4.19. The number of pyridine rings is 1. The highest BCUT2D eigenvalue weighted by atomic mass is 16.4. The highest BCUT2D eigenvalue weighted by molar-refractivity contribution is 5.99. The van der Waals surface area contributed by atoms with Crippen LogP contribution in [0, 0.1) is 0 Å². The van der Waals surface area contributed by atoms with Gasteiger partial charge in [0, 0.05) is 30.5 Å². The molecule has 0 amide bonds. The molecule has 0 radical (unpaired) electrons. The first-order valence-corrected chi connectivity index (χ1v) is 8.29. The molecule has 0 atom stereocenters. The Morgan fingerprint density at radius 3 is 2.73 bits per heavy atom. The van der Waals surface area contributed by atoms with Crippen LogP contribution in [0.2, 0.25) is 0 Å². The molecule has 3 aromatic rings. The Balaban J connectivity index is 1.50. The molecule has 1 aliphatic heterocycles. The van der Waals surface area contributed by atoms with Gasteiger partial charge in [0.05, 0.1) is 6.54 Å². The minimum absolute atomic E-state index is 0.0843. The number of allylic oxidation sites excluding steroid dienone is 2. The highest BCUT2D eigenvalue weighted by Crippen LogP contribution is 2.19. The fraction of sp³-hybridized carbons (Fsp3) is 0.0952. The Morgan fingerprint density at radius 2 is 1.96 bits per heavy atom. The zero-order valence-electron chi connectivity index (χ0n) is 14.0. The number of rotatable bonds is 4. The molecule has 0 fully saturated rings. The van der Waals surface area contributed by atoms with Gasteiger partial charge in [-0.1, -0.05) is 24.3 Å². The van der Waals surface area contributed by atoms with E-state index >= 15 is 0 Å². The van der Waals surface area contributed by atoms with Crippen LogP contribution in [-0.2, 0) is 0 Å². The van der Waals surface area contributed by atoms with E-state index in [1.807, 2.05) is 47.5 Å². The summed E-state index contributed by atoms with van der Waals surface area (Å²) in [5.41, 5.74) is 2.14. The Morgan fingerprint density at radius 1 is 1.15 bits per heavy atom. The molecule has 2 aromatic heterocycles. The largest absolute Gasteiger partial charge is 0.422 e. The molecule has 0 saturated carbocycles. The monoisotopic (exact) mass is 344 g/mol. The molecule has 0 bridgehead atoms. The highest BCUT2D eigenvalue weighted by Gasteiger charge is 2.17. The Hall–Kier alpha value is -3.47. The quantitative estimate of drug-likeness (QED) is 0.537. The van der Waals surface area contributed by atoms with Crippen molar-refractivity contribution in [1.82, 2.24) is 9.88 Å². The van der Waals surface area contributed by atoms with Crippen LogP contribution in [0.25, 0.3) is 16.5 Å². The summed E-state index contributed by atoms with van der Waals surface area (Å²) in [6.07, 6.45) is 9.37. The lowest BCUT2D eigenvalue weighted by Crippen LogP contribution is -2.29. The van der Waals surface area contributed by atoms with E-state index in [9.17, 15) is 9.59 Å². The molecule has 26 heavy (non-hydrogen) atoms. The molecule has 3 heterocycles. The summed E-state index contributed by atoms with van der Waals surface area (Å²) in [6.45, 7) is 0.721. The fourth-order valence-electron chi connectivity index (χ4n) is 2.93. The van der Waals surface area contributed by atoms with Crippen LogP contribution in [0.4, 0.5) is 0 Å². The number of carbonyl (C=O) groups is 1. The number of fused-ring (bicyclic) bond motifs is 1. The molecule has 128 valence electrons. The van der Waals surface area contributed by atoms with Gasteiger partial charge in [-0.05, 0) is 41.5 Å². The maximum absolute atomic E-state index is 12.6. The van der Waals surface area contributed by atoms with E-state index in [0.717, 1.165) is 16.5 Å². The van der Waals surface area contributed by atoms with Crippen LogP contribution in [0.15, 0.2) is 82.4 Å². The van der Waals surface area contributed by atoms with Gasteiger partial charge >= 0.3 is 5.63 Å². The average molecular weight is 344 g/mol. The number of ketones is 1. The Labute approximate surface area is 149 Å². The summed E-state index contributed by atoms with van der Waals surface area (Å²) in [7, 11) is 0. The van der Waals surface area contributed by atoms with Crippen LogP contribution in [0.1, 0.15) is 15.9 Å². The van der Waals surface area contributed by atoms with Crippen molar-refractivity contribution in [3.8, 4) is 0 Å². The minimum Gasteiger partial charge on any atom is -0.422 e. The molecule has 5 nitrogen and oxygen atoms in total. The van der Waals surface area contributed by atoms with Crippen molar-refractivity contribution < 1.29 is 9.21 Å². The lowest BCUT2D eigenvalue weighted by molar-refractivity contribution is 0.0956. The second-order valence-electron chi connectivity index (χ2n) is 6.05. The second kappa shape index (κ2) is 6.80. The topological polar surface area (TPSA) is 63.4 Å². The molecule has 1 aromatic carbocycles. The summed E-state index contributed by atoms with van der Waals surface area (Å²) in [6, 6.07) is 12.7. The van der Waals surface area contributed by atoms with Gasteiger partial charge in [0.15, 0.2) is 5.78 Å². The zero-order valence-corrected chi connectivity index (χ0v) is 14.0. The third-order valence-electron chi connectivity index (χ3n) is 4.31. The van der Waals surface area contributed by atoms with E-state index in [-0.39, 0.29) is 17.9 Å². The van der Waals surface area contributed by atoms with E-state index in [1.54, 1.807) is 30.6 Å². The molecule has 5 heteroatoms. The van der Waals surface area contributed by atoms with E-state index in [2.05, 4.69) is 4.98 Å². The number of aromatic nitrogens is 1. The number of para-hydroxylation sites is 1. The number of nitrogens with zero attached hydrogens (tertiary/aromatic N) is 2. The van der Waals surface area contributed by atoms with E-state index in [1.165, 1.54) is 0 Å². The van der Waals surface area contributed by atoms with E-state index < -0.39 is 5.63 Å². The number of Topliss-reactive ketones (excluding diaryl/α,β-unsaturated/α-hetero) is 1. The molecule has 0 N–H and O–H groups in total. The van der Waals surface area contributed by atoms with Gasteiger partial charge in [0.25, 0.3) is 0 Å². The first kappa shape index (κ1) is 16.0. The maximum Gasteiger partial charge on any atom is 0.347 e. The number of benzene rings is 1. The first-order chi connectivity index (χ1) is 12.7. The smallest absolute Gasteiger partial charge is 0.347 e. The predicted octanol–water partition coefficient (Wildman–Crippen LogP) is 3.28. The van der Waals surface area contributed by atoms with Gasteiger partial charge in [-0.3, -0.25) is 9.78 Å². The second-order valence-corrected chi connectivity index (χ2v) is 6.05. The van der Waals surface area contributed by atoms with Crippen molar-refractivity contribution in [3.05, 3.63) is 94.8 Å². The van der Waals surface area contributed by atoms with Crippen LogP contribution < -0.4 is 5.63 Å². The summed E-state index contributed by atoms with van der Waals surface area (Å²) in [4.78, 5) is 30.6. The molecule has 0 saturated heterocycles. The summed E-state index contributed by atoms with van der Waals surface area (Å²) >= 11 is 0. The van der Waals surface area contributed by atoms with E-state index in [0.29, 0.717) is 12.1 Å². The van der Waals surface area contributed by atoms with Crippen molar-refractivity contribution >= 4 is 22.3 Å². The predicted molar refractivity (Wildman–Crippen MR) is 99.7 cm³/mol. The van der Waals surface area contributed by atoms with Crippen LogP contribution in [0.3, 0.4) is 0 Å². The van der Waals surface area contributed by atoms with Gasteiger partial charge in [-0.2, -0.15) is 0 Å². The zero-order chi connectivity index (χ0) is 17.9. The molecular formula is C21H16N2O3. The number of carbonyl (C=O) groups excluding carboxylic acids is 1. The number of hydrogen-bond acceptors (Lipinski definition) is 5. The summed E-state index contributed by atoms with van der Waals surface area (Å²) in [5, 5.41) is 0.740. The standard InChI is InChI=1S/C21H16N2O3/c24-19(18-13-17-3-1-2-4-20(17)26-21(18)25)14-23-11-7-16(8-12-23)15-5-9-22-10-6-15/h1-11,13H,12,14H2. The summed E-state index contributed by atoms with van der Waals surface area (Å²) in [5.74, 6) is -0.255. The molecule has 1 aliphatic rings. The lowest BCUT2D eigenvalue weighted by Gasteiger charge is -2.21. The van der Waals surface area contributed by atoms with Crippen molar-refractivity contribution in [2.24, 2.45) is 0 Å². The van der Waals surface area contributed by atoms with Gasteiger partial charge in [-0.25, -0.2) is 4.79 Å². The summed E-state index contributed by atoms with van der Waals surface area (Å²) < 4.78 is 5.25. The average Bonchev–Trinajstić information content (AvgIpc) is 2.68. The third-order valence-corrected chi connectivity index (χ3v) is 4.31. The lowest BCUT2D eigenvalue weighted by atomic mass is 10.0. The van der Waals surface area contributed by atoms with Crippen molar-refractivity contribution in [1.29, 1.82) is 0 Å². The molecule has 0 spiro atoms. The van der Waals surface area contributed by atoms with Crippen molar-refractivity contribution in [3.63, 3.8) is 0 Å². The van der Waals surface area contributed by atoms with Gasteiger partial charge in [0.1, 0.15) is 11.1 Å².